The van der Waals surface area contributed by atoms with Gasteiger partial charge in [-0.25, -0.2) is 4.57 Å². The average Bonchev–Trinajstić information content (AvgIpc) is 3.00. The lowest BCUT2D eigenvalue weighted by Crippen LogP contribution is -2.29. The minimum absolute atomic E-state index is 0.0452. The number of nitrogens with two attached hydrogens (primary N) is 1. The van der Waals surface area contributed by atoms with Crippen LogP contribution in [-0.4, -0.2) is 49.3 Å². The quantitative estimate of drug-likeness (QED) is 0.0343. The molecule has 0 bridgehead atoms. The van der Waals surface area contributed by atoms with Crippen molar-refractivity contribution in [2.45, 2.75) is 129 Å². The predicted octanol–water partition coefficient (Wildman–Crippen LogP) is 8.43. The lowest BCUT2D eigenvalue weighted by atomic mass is 10.1. The molecule has 0 rings (SSSR count). The number of ether oxygens (including phenoxy) is 2. The molecule has 44 heavy (non-hydrogen) atoms. The Labute approximate surface area is 266 Å². The number of phosphoric acid groups is 1. The molecule has 3 N–H and O–H groups in total. The molecule has 0 fully saturated rings. The van der Waals surface area contributed by atoms with Crippen molar-refractivity contribution in [1.29, 1.82) is 0 Å². The fourth-order valence-corrected chi connectivity index (χ4v) is 4.80. The van der Waals surface area contributed by atoms with Crippen molar-refractivity contribution in [3.8, 4) is 0 Å². The van der Waals surface area contributed by atoms with E-state index < -0.39 is 32.5 Å². The highest BCUT2D eigenvalue weighted by Crippen LogP contribution is 2.43. The zero-order valence-corrected chi connectivity index (χ0v) is 28.3. The van der Waals surface area contributed by atoms with Crippen LogP contribution in [0.25, 0.3) is 0 Å². The maximum Gasteiger partial charge on any atom is 0.472 e. The van der Waals surface area contributed by atoms with Gasteiger partial charge in [0.05, 0.1) is 13.2 Å². The second-order valence-corrected chi connectivity index (χ2v) is 12.1. The van der Waals surface area contributed by atoms with E-state index in [9.17, 15) is 19.0 Å². The summed E-state index contributed by atoms with van der Waals surface area (Å²) in [7, 11) is -4.37. The van der Waals surface area contributed by atoms with Crippen LogP contribution in [-0.2, 0) is 32.7 Å². The van der Waals surface area contributed by atoms with Crippen molar-refractivity contribution < 1.29 is 37.6 Å². The van der Waals surface area contributed by atoms with Gasteiger partial charge in [-0.05, 0) is 51.4 Å². The number of phosphoric ester groups is 1. The van der Waals surface area contributed by atoms with Gasteiger partial charge >= 0.3 is 19.8 Å². The molecule has 0 aliphatic carbocycles. The molecule has 254 valence electrons. The topological polar surface area (TPSA) is 134 Å². The van der Waals surface area contributed by atoms with Crippen molar-refractivity contribution in [3.63, 3.8) is 0 Å². The van der Waals surface area contributed by atoms with Crippen LogP contribution in [0.3, 0.4) is 0 Å². The fourth-order valence-electron chi connectivity index (χ4n) is 4.03. The highest BCUT2D eigenvalue weighted by molar-refractivity contribution is 7.47. The summed E-state index contributed by atoms with van der Waals surface area (Å²) >= 11 is 0. The van der Waals surface area contributed by atoms with Crippen LogP contribution in [0.15, 0.2) is 48.6 Å². The van der Waals surface area contributed by atoms with E-state index in [1.807, 2.05) is 0 Å². The molecule has 0 aromatic rings. The smallest absolute Gasteiger partial charge is 0.462 e. The first-order valence-electron chi connectivity index (χ1n) is 16.6. The van der Waals surface area contributed by atoms with E-state index in [2.05, 4.69) is 62.5 Å². The zero-order valence-electron chi connectivity index (χ0n) is 27.4. The van der Waals surface area contributed by atoms with Crippen molar-refractivity contribution in [3.05, 3.63) is 48.6 Å². The normalized spacial score (nSPS) is 14.2. The molecule has 10 heteroatoms. The van der Waals surface area contributed by atoms with Crippen LogP contribution in [0.4, 0.5) is 0 Å². The van der Waals surface area contributed by atoms with Crippen LogP contribution in [0.2, 0.25) is 0 Å². The number of unbranched alkanes of at least 4 members (excludes halogenated alkanes) is 9. The molecular weight excluding hydrogens is 581 g/mol. The molecule has 0 spiro atoms. The first kappa shape index (κ1) is 42.0. The van der Waals surface area contributed by atoms with Gasteiger partial charge in [-0.2, -0.15) is 0 Å². The number of carbonyl (C=O) groups is 2. The van der Waals surface area contributed by atoms with Crippen molar-refractivity contribution in [1.82, 2.24) is 0 Å². The number of esters is 2. The van der Waals surface area contributed by atoms with E-state index in [1.165, 1.54) is 32.1 Å². The standard InChI is InChI=1S/C34H60NO8P/c1-3-5-7-9-11-13-14-15-16-17-18-19-21-23-25-27-34(37)43-32(31-42-44(38,39)41-29-28-35)30-40-33(36)26-24-22-20-12-10-8-6-4-2/h5,7,11,13,15-16,18-19,32H,3-4,6,8-10,12,14,17,20-31,35H2,1-2H3,(H,38,39)/b7-5+,13-11+,16-15+,19-18+/t32-/m1/s1. The van der Waals surface area contributed by atoms with Gasteiger partial charge in [0.25, 0.3) is 0 Å². The molecule has 1 unspecified atom stereocenters. The maximum absolute atomic E-state index is 12.4. The third kappa shape index (κ3) is 30.0. The number of rotatable bonds is 30. The molecule has 0 aromatic carbocycles. The van der Waals surface area contributed by atoms with E-state index in [0.29, 0.717) is 6.42 Å². The number of carbonyl (C=O) groups excluding carboxylic acids is 2. The summed E-state index contributed by atoms with van der Waals surface area (Å²) in [4.78, 5) is 34.4. The predicted molar refractivity (Wildman–Crippen MR) is 178 cm³/mol. The SMILES string of the molecule is CC/C=C/C/C=C/C/C=C/C/C=C/CCCCC(=O)O[C@H](COC(=O)CCCCCCCCCC)COP(=O)(O)OCCN. The molecule has 9 nitrogen and oxygen atoms in total. The average molecular weight is 642 g/mol. The third-order valence-electron chi connectivity index (χ3n) is 6.48. The lowest BCUT2D eigenvalue weighted by Gasteiger charge is -2.19. The summed E-state index contributed by atoms with van der Waals surface area (Å²) < 4.78 is 32.4. The summed E-state index contributed by atoms with van der Waals surface area (Å²) in [6.45, 7) is 3.49. The van der Waals surface area contributed by atoms with Gasteiger partial charge in [-0.1, -0.05) is 107 Å². The molecule has 0 amide bonds. The second kappa shape index (κ2) is 31.0. The van der Waals surface area contributed by atoms with Crippen LogP contribution in [0.5, 0.6) is 0 Å². The third-order valence-corrected chi connectivity index (χ3v) is 7.46. The van der Waals surface area contributed by atoms with E-state index in [4.69, 9.17) is 24.3 Å². The van der Waals surface area contributed by atoms with Crippen LogP contribution < -0.4 is 5.73 Å². The van der Waals surface area contributed by atoms with Crippen LogP contribution in [0.1, 0.15) is 123 Å². The first-order chi connectivity index (χ1) is 21.3. The van der Waals surface area contributed by atoms with Gasteiger partial charge in [0.2, 0.25) is 0 Å². The van der Waals surface area contributed by atoms with Crippen molar-refractivity contribution in [2.24, 2.45) is 5.73 Å². The van der Waals surface area contributed by atoms with Gasteiger partial charge in [0, 0.05) is 19.4 Å². The summed E-state index contributed by atoms with van der Waals surface area (Å²) in [6, 6.07) is 0. The summed E-state index contributed by atoms with van der Waals surface area (Å²) in [5, 5.41) is 0. The molecule has 0 saturated carbocycles. The van der Waals surface area contributed by atoms with Crippen LogP contribution >= 0.6 is 7.82 Å². The van der Waals surface area contributed by atoms with E-state index in [-0.39, 0.29) is 32.6 Å². The monoisotopic (exact) mass is 641 g/mol. The van der Waals surface area contributed by atoms with Crippen molar-refractivity contribution in [2.75, 3.05) is 26.4 Å². The Morgan fingerprint density at radius 1 is 0.705 bits per heavy atom. The molecular formula is C34H60NO8P. The minimum Gasteiger partial charge on any atom is -0.462 e. The van der Waals surface area contributed by atoms with E-state index in [0.717, 1.165) is 57.8 Å². The Bertz CT molecular complexity index is 871. The maximum atomic E-state index is 12.4. The summed E-state index contributed by atoms with van der Waals surface area (Å²) in [5.41, 5.74) is 5.30. The van der Waals surface area contributed by atoms with Gasteiger partial charge in [0.1, 0.15) is 6.61 Å². The first-order valence-corrected chi connectivity index (χ1v) is 18.1. The lowest BCUT2D eigenvalue weighted by molar-refractivity contribution is -0.161. The van der Waals surface area contributed by atoms with Gasteiger partial charge in [0.15, 0.2) is 6.10 Å². The summed E-state index contributed by atoms with van der Waals surface area (Å²) in [6.07, 6.45) is 31.6. The second-order valence-electron chi connectivity index (χ2n) is 10.7. The van der Waals surface area contributed by atoms with E-state index >= 15 is 0 Å². The minimum atomic E-state index is -4.37. The Morgan fingerprint density at radius 3 is 1.86 bits per heavy atom. The highest BCUT2D eigenvalue weighted by Gasteiger charge is 2.25. The van der Waals surface area contributed by atoms with Gasteiger partial charge in [-0.15, -0.1) is 0 Å². The number of hydrogen-bond acceptors (Lipinski definition) is 8. The molecule has 0 aliphatic heterocycles. The van der Waals surface area contributed by atoms with Gasteiger partial charge in [-0.3, -0.25) is 18.6 Å². The molecule has 0 saturated heterocycles. The largest absolute Gasteiger partial charge is 0.472 e. The van der Waals surface area contributed by atoms with E-state index in [1.54, 1.807) is 0 Å². The highest BCUT2D eigenvalue weighted by atomic mass is 31.2. The summed E-state index contributed by atoms with van der Waals surface area (Å²) in [5.74, 6) is -0.889. The Balaban J connectivity index is 4.38. The number of allylic oxidation sites excluding steroid dienone is 8. The number of hydrogen-bond donors (Lipinski definition) is 2. The molecule has 0 aliphatic rings. The molecule has 0 radical (unpaired) electrons. The fraction of sp³-hybridized carbons (Fsp3) is 0.706. The van der Waals surface area contributed by atoms with Crippen molar-refractivity contribution >= 4 is 19.8 Å². The van der Waals surface area contributed by atoms with Gasteiger partial charge < -0.3 is 20.1 Å². The Hall–Kier alpha value is -2.03. The molecule has 2 atom stereocenters. The Morgan fingerprint density at radius 2 is 1.25 bits per heavy atom. The van der Waals surface area contributed by atoms with Crippen LogP contribution in [0, 0.1) is 0 Å². The molecule has 0 heterocycles. The Kier molecular flexibility index (Phi) is 29.5. The zero-order chi connectivity index (χ0) is 32.6. The molecule has 0 aromatic heterocycles.